The number of rotatable bonds is 5. The fourth-order valence-corrected chi connectivity index (χ4v) is 2.20. The molecule has 0 radical (unpaired) electrons. The number of carbonyl (C=O) groups excluding carboxylic acids is 1. The van der Waals surface area contributed by atoms with Crippen molar-refractivity contribution in [2.75, 3.05) is 0 Å². The van der Waals surface area contributed by atoms with Crippen molar-refractivity contribution in [3.63, 3.8) is 0 Å². The SMILES string of the molecule is O=C(NC(C(=O)O)C(O)c1ccccc1)c1ccccc1Cl. The Morgan fingerprint density at radius 1 is 1.00 bits per heavy atom. The summed E-state index contributed by atoms with van der Waals surface area (Å²) in [7, 11) is 0. The van der Waals surface area contributed by atoms with Crippen molar-refractivity contribution in [1.29, 1.82) is 0 Å². The standard InChI is InChI=1S/C16H14ClNO4/c17-12-9-5-4-8-11(12)15(20)18-13(16(21)22)14(19)10-6-2-1-3-7-10/h1-9,13-14,19H,(H,18,20)(H,21,22). The van der Waals surface area contributed by atoms with Crippen LogP contribution in [-0.2, 0) is 4.79 Å². The molecule has 0 aliphatic carbocycles. The largest absolute Gasteiger partial charge is 0.480 e. The Balaban J connectivity index is 2.21. The second-order valence-corrected chi connectivity index (χ2v) is 5.03. The van der Waals surface area contributed by atoms with E-state index in [4.69, 9.17) is 11.6 Å². The Morgan fingerprint density at radius 2 is 1.59 bits per heavy atom. The summed E-state index contributed by atoms with van der Waals surface area (Å²) in [5.41, 5.74) is 0.546. The number of hydrogen-bond acceptors (Lipinski definition) is 3. The van der Waals surface area contributed by atoms with E-state index in [0.717, 1.165) is 0 Å². The first-order valence-electron chi connectivity index (χ1n) is 6.52. The molecule has 0 aliphatic heterocycles. The maximum absolute atomic E-state index is 12.1. The lowest BCUT2D eigenvalue weighted by Gasteiger charge is -2.21. The quantitative estimate of drug-likeness (QED) is 0.789. The lowest BCUT2D eigenvalue weighted by molar-refractivity contribution is -0.142. The number of aliphatic hydroxyl groups is 1. The van der Waals surface area contributed by atoms with Gasteiger partial charge in [-0.3, -0.25) is 4.79 Å². The number of amides is 1. The Bertz CT molecular complexity index is 675. The molecule has 2 atom stereocenters. The molecule has 2 rings (SSSR count). The van der Waals surface area contributed by atoms with Gasteiger partial charge >= 0.3 is 5.97 Å². The van der Waals surface area contributed by atoms with Crippen molar-refractivity contribution >= 4 is 23.5 Å². The van der Waals surface area contributed by atoms with Gasteiger partial charge in [-0.15, -0.1) is 0 Å². The normalized spacial score (nSPS) is 13.2. The number of carbonyl (C=O) groups is 2. The van der Waals surface area contributed by atoms with Crippen LogP contribution in [0, 0.1) is 0 Å². The van der Waals surface area contributed by atoms with Crippen molar-refractivity contribution in [1.82, 2.24) is 5.32 Å². The predicted octanol–water partition coefficient (Wildman–Crippen LogP) is 2.26. The van der Waals surface area contributed by atoms with Gasteiger partial charge in [0.15, 0.2) is 6.04 Å². The van der Waals surface area contributed by atoms with Crippen LogP contribution in [0.15, 0.2) is 54.6 Å². The van der Waals surface area contributed by atoms with Gasteiger partial charge in [-0.25, -0.2) is 4.79 Å². The molecule has 0 aliphatic rings. The van der Waals surface area contributed by atoms with Crippen molar-refractivity contribution in [3.05, 3.63) is 70.7 Å². The van der Waals surface area contributed by atoms with Gasteiger partial charge in [0.05, 0.1) is 10.6 Å². The summed E-state index contributed by atoms with van der Waals surface area (Å²) in [6.07, 6.45) is -1.37. The molecule has 0 heterocycles. The van der Waals surface area contributed by atoms with Crippen LogP contribution in [0.3, 0.4) is 0 Å². The first-order chi connectivity index (χ1) is 10.5. The first kappa shape index (κ1) is 16.0. The van der Waals surface area contributed by atoms with Gasteiger partial charge < -0.3 is 15.5 Å². The first-order valence-corrected chi connectivity index (χ1v) is 6.89. The molecule has 0 fully saturated rings. The smallest absolute Gasteiger partial charge is 0.329 e. The molecule has 0 bridgehead atoms. The van der Waals surface area contributed by atoms with Crippen LogP contribution in [0.2, 0.25) is 5.02 Å². The number of hydrogen-bond donors (Lipinski definition) is 3. The highest BCUT2D eigenvalue weighted by atomic mass is 35.5. The maximum atomic E-state index is 12.1. The third kappa shape index (κ3) is 3.63. The lowest BCUT2D eigenvalue weighted by atomic mass is 10.0. The highest BCUT2D eigenvalue weighted by molar-refractivity contribution is 6.33. The number of carboxylic acids is 1. The molecular weight excluding hydrogens is 306 g/mol. The average molecular weight is 320 g/mol. The summed E-state index contributed by atoms with van der Waals surface area (Å²) in [5.74, 6) is -2.00. The zero-order valence-corrected chi connectivity index (χ0v) is 12.2. The Kier molecular flexibility index (Phi) is 5.14. The monoisotopic (exact) mass is 319 g/mol. The molecule has 0 spiro atoms. The van der Waals surface area contributed by atoms with Crippen LogP contribution in [0.4, 0.5) is 0 Å². The second kappa shape index (κ2) is 7.06. The summed E-state index contributed by atoms with van der Waals surface area (Å²) >= 11 is 5.91. The van der Waals surface area contributed by atoms with Crippen LogP contribution in [0.1, 0.15) is 22.0 Å². The number of aliphatic carboxylic acids is 1. The zero-order chi connectivity index (χ0) is 16.1. The molecule has 2 aromatic carbocycles. The van der Waals surface area contributed by atoms with E-state index in [-0.39, 0.29) is 10.6 Å². The van der Waals surface area contributed by atoms with E-state index in [1.807, 2.05) is 0 Å². The van der Waals surface area contributed by atoms with E-state index >= 15 is 0 Å². The molecule has 0 saturated heterocycles. The summed E-state index contributed by atoms with van der Waals surface area (Å²) in [6, 6.07) is 13.1. The molecule has 0 saturated carbocycles. The molecule has 3 N–H and O–H groups in total. The van der Waals surface area contributed by atoms with Crippen LogP contribution >= 0.6 is 11.6 Å². The summed E-state index contributed by atoms with van der Waals surface area (Å²) < 4.78 is 0. The van der Waals surface area contributed by atoms with Gasteiger partial charge in [0, 0.05) is 0 Å². The Morgan fingerprint density at radius 3 is 2.18 bits per heavy atom. The van der Waals surface area contributed by atoms with Crippen LogP contribution < -0.4 is 5.32 Å². The van der Waals surface area contributed by atoms with Crippen molar-refractivity contribution < 1.29 is 19.8 Å². The predicted molar refractivity (Wildman–Crippen MR) is 81.7 cm³/mol. The highest BCUT2D eigenvalue weighted by Gasteiger charge is 2.30. The summed E-state index contributed by atoms with van der Waals surface area (Å²) in [6.45, 7) is 0. The van der Waals surface area contributed by atoms with Crippen molar-refractivity contribution in [2.24, 2.45) is 0 Å². The molecule has 2 unspecified atom stereocenters. The van der Waals surface area contributed by atoms with Gasteiger partial charge in [0.25, 0.3) is 5.91 Å². The second-order valence-electron chi connectivity index (χ2n) is 4.62. The number of carboxylic acid groups (broad SMARTS) is 1. The van der Waals surface area contributed by atoms with E-state index in [0.29, 0.717) is 5.56 Å². The van der Waals surface area contributed by atoms with Crippen molar-refractivity contribution in [3.8, 4) is 0 Å². The van der Waals surface area contributed by atoms with Crippen molar-refractivity contribution in [2.45, 2.75) is 12.1 Å². The Labute approximate surface area is 132 Å². The fraction of sp³-hybridized carbons (Fsp3) is 0.125. The topological polar surface area (TPSA) is 86.6 Å². The molecule has 22 heavy (non-hydrogen) atoms. The van der Waals surface area contributed by atoms with Gasteiger partial charge in [0.1, 0.15) is 6.10 Å². The number of nitrogens with one attached hydrogen (secondary N) is 1. The van der Waals surface area contributed by atoms with Crippen LogP contribution in [0.5, 0.6) is 0 Å². The maximum Gasteiger partial charge on any atom is 0.329 e. The molecule has 5 nitrogen and oxygen atoms in total. The minimum atomic E-state index is -1.48. The number of halogens is 1. The molecule has 0 aromatic heterocycles. The van der Waals surface area contributed by atoms with E-state index in [2.05, 4.69) is 5.32 Å². The van der Waals surface area contributed by atoms with Gasteiger partial charge in [-0.2, -0.15) is 0 Å². The number of benzene rings is 2. The molecule has 114 valence electrons. The molecular formula is C16H14ClNO4. The molecule has 6 heteroatoms. The minimum absolute atomic E-state index is 0.149. The number of aliphatic hydroxyl groups excluding tert-OH is 1. The highest BCUT2D eigenvalue weighted by Crippen LogP contribution is 2.19. The third-order valence-electron chi connectivity index (χ3n) is 3.13. The van der Waals surface area contributed by atoms with Crippen LogP contribution in [0.25, 0.3) is 0 Å². The van der Waals surface area contributed by atoms with Gasteiger partial charge in [-0.1, -0.05) is 54.1 Å². The van der Waals surface area contributed by atoms with Gasteiger partial charge in [0.2, 0.25) is 0 Å². The van der Waals surface area contributed by atoms with E-state index < -0.39 is 24.0 Å². The van der Waals surface area contributed by atoms with E-state index in [9.17, 15) is 19.8 Å². The minimum Gasteiger partial charge on any atom is -0.480 e. The molecule has 2 aromatic rings. The lowest BCUT2D eigenvalue weighted by Crippen LogP contribution is -2.45. The summed E-state index contributed by atoms with van der Waals surface area (Å²) in [5, 5.41) is 22.0. The van der Waals surface area contributed by atoms with E-state index in [1.165, 1.54) is 12.1 Å². The zero-order valence-electron chi connectivity index (χ0n) is 11.4. The third-order valence-corrected chi connectivity index (χ3v) is 3.46. The molecule has 1 amide bonds. The average Bonchev–Trinajstić information content (AvgIpc) is 2.52. The Hall–Kier alpha value is -2.37. The fourth-order valence-electron chi connectivity index (χ4n) is 1.98. The van der Waals surface area contributed by atoms with E-state index in [1.54, 1.807) is 42.5 Å². The van der Waals surface area contributed by atoms with Gasteiger partial charge in [-0.05, 0) is 17.7 Å². The summed E-state index contributed by atoms with van der Waals surface area (Å²) in [4.78, 5) is 23.5. The van der Waals surface area contributed by atoms with Crippen LogP contribution in [-0.4, -0.2) is 28.1 Å².